The number of hydrogen-bond acceptors (Lipinski definition) is 6. The van der Waals surface area contributed by atoms with E-state index in [2.05, 4.69) is 0 Å². The molecule has 0 spiro atoms. The first-order chi connectivity index (χ1) is 15.7. The number of carbonyl (C=O) groups excluding carboxylic acids is 2. The minimum atomic E-state index is -0.725. The van der Waals surface area contributed by atoms with Crippen molar-refractivity contribution in [3.8, 4) is 5.75 Å². The number of hydrogen-bond donors (Lipinski definition) is 0. The molecule has 1 aliphatic carbocycles. The summed E-state index contributed by atoms with van der Waals surface area (Å²) in [4.78, 5) is 34.4. The second-order valence-corrected chi connectivity index (χ2v) is 9.70. The first-order valence-electron chi connectivity index (χ1n) is 11.5. The lowest BCUT2D eigenvalue weighted by Gasteiger charge is -2.37. The minimum absolute atomic E-state index is 0.118. The number of carbonyl (C=O) groups is 2. The van der Waals surface area contributed by atoms with Crippen molar-refractivity contribution in [1.82, 2.24) is 14.8 Å². The smallest absolute Gasteiger partial charge is 0.410 e. The molecular weight excluding hydrogens is 422 g/mol. The van der Waals surface area contributed by atoms with E-state index in [9.17, 15) is 9.59 Å². The molecule has 0 unspecified atom stereocenters. The van der Waals surface area contributed by atoms with Gasteiger partial charge in [0.2, 0.25) is 0 Å². The molecule has 1 saturated heterocycles. The fourth-order valence-corrected chi connectivity index (χ4v) is 4.19. The Morgan fingerprint density at radius 3 is 2.64 bits per heavy atom. The van der Waals surface area contributed by atoms with E-state index < -0.39 is 17.8 Å². The summed E-state index contributed by atoms with van der Waals surface area (Å²) in [6.07, 6.45) is 0.749. The monoisotopic (exact) mass is 455 g/mol. The van der Waals surface area contributed by atoms with Crippen molar-refractivity contribution >= 4 is 22.9 Å². The number of morpholine rings is 1. The van der Waals surface area contributed by atoms with Gasteiger partial charge in [-0.2, -0.15) is 0 Å². The van der Waals surface area contributed by atoms with Gasteiger partial charge in [-0.1, -0.05) is 12.1 Å². The van der Waals surface area contributed by atoms with Gasteiger partial charge in [0.15, 0.2) is 6.10 Å². The van der Waals surface area contributed by atoms with Crippen molar-refractivity contribution in [2.24, 2.45) is 0 Å². The Bertz CT molecular complexity index is 1030. The van der Waals surface area contributed by atoms with Crippen LogP contribution in [-0.4, -0.2) is 71.3 Å². The minimum Gasteiger partial charge on any atom is -0.496 e. The average Bonchev–Trinajstić information content (AvgIpc) is 3.62. The van der Waals surface area contributed by atoms with E-state index in [0.29, 0.717) is 13.2 Å². The summed E-state index contributed by atoms with van der Waals surface area (Å²) in [5, 5.41) is 0.934. The normalized spacial score (nSPS) is 19.8. The largest absolute Gasteiger partial charge is 0.496 e. The van der Waals surface area contributed by atoms with Crippen molar-refractivity contribution in [3.05, 3.63) is 36.0 Å². The van der Waals surface area contributed by atoms with Crippen molar-refractivity contribution in [2.75, 3.05) is 26.8 Å². The van der Waals surface area contributed by atoms with E-state index in [0.717, 1.165) is 35.2 Å². The Morgan fingerprint density at radius 1 is 1.24 bits per heavy atom. The summed E-state index contributed by atoms with van der Waals surface area (Å²) >= 11 is 0. The molecule has 8 heteroatoms. The molecule has 1 aromatic carbocycles. The topological polar surface area (TPSA) is 81.2 Å². The fourth-order valence-electron chi connectivity index (χ4n) is 4.19. The van der Waals surface area contributed by atoms with Crippen molar-refractivity contribution < 1.29 is 23.8 Å². The third kappa shape index (κ3) is 5.21. The van der Waals surface area contributed by atoms with Crippen LogP contribution < -0.4 is 4.74 Å². The number of pyridine rings is 1. The third-order valence-electron chi connectivity index (χ3n) is 5.95. The molecule has 1 aliphatic heterocycles. The van der Waals surface area contributed by atoms with Gasteiger partial charge in [-0.15, -0.1) is 0 Å². The predicted molar refractivity (Wildman–Crippen MR) is 124 cm³/mol. The van der Waals surface area contributed by atoms with Crippen LogP contribution in [0.3, 0.4) is 0 Å². The zero-order chi connectivity index (χ0) is 23.8. The number of amides is 2. The number of fused-ring (bicyclic) bond motifs is 1. The molecule has 2 fully saturated rings. The van der Waals surface area contributed by atoms with Gasteiger partial charge < -0.3 is 24.0 Å². The lowest BCUT2D eigenvalue weighted by molar-refractivity contribution is -0.152. The van der Waals surface area contributed by atoms with Crippen LogP contribution in [0.4, 0.5) is 4.79 Å². The maximum Gasteiger partial charge on any atom is 0.410 e. The van der Waals surface area contributed by atoms with Crippen LogP contribution in [-0.2, 0) is 14.3 Å². The van der Waals surface area contributed by atoms with Gasteiger partial charge >= 0.3 is 6.09 Å². The second kappa shape index (κ2) is 9.17. The number of aromatic nitrogens is 1. The summed E-state index contributed by atoms with van der Waals surface area (Å²) in [6.45, 7) is 8.35. The number of rotatable bonds is 5. The number of methoxy groups -OCH3 is 1. The third-order valence-corrected chi connectivity index (χ3v) is 5.95. The predicted octanol–water partition coefficient (Wildman–Crippen LogP) is 3.93. The number of benzene rings is 1. The van der Waals surface area contributed by atoms with Gasteiger partial charge in [0.1, 0.15) is 11.4 Å². The second-order valence-electron chi connectivity index (χ2n) is 9.70. The van der Waals surface area contributed by atoms with Gasteiger partial charge in [0.25, 0.3) is 5.91 Å². The molecule has 0 N–H and O–H groups in total. The highest BCUT2D eigenvalue weighted by Gasteiger charge is 2.42. The molecule has 2 atom stereocenters. The van der Waals surface area contributed by atoms with E-state index in [1.165, 1.54) is 0 Å². The first kappa shape index (κ1) is 23.3. The fraction of sp³-hybridized carbons (Fsp3) is 0.560. The lowest BCUT2D eigenvalue weighted by Crippen LogP contribution is -2.54. The molecule has 4 rings (SSSR count). The van der Waals surface area contributed by atoms with Crippen molar-refractivity contribution in [2.45, 2.75) is 64.3 Å². The molecule has 2 aromatic rings. The van der Waals surface area contributed by atoms with Gasteiger partial charge in [-0.25, -0.2) is 4.79 Å². The molecule has 33 heavy (non-hydrogen) atoms. The zero-order valence-corrected chi connectivity index (χ0v) is 20.0. The van der Waals surface area contributed by atoms with Gasteiger partial charge in [0.05, 0.1) is 37.5 Å². The van der Waals surface area contributed by atoms with Crippen LogP contribution in [0.25, 0.3) is 10.9 Å². The van der Waals surface area contributed by atoms with E-state index in [1.54, 1.807) is 12.0 Å². The van der Waals surface area contributed by atoms with Crippen LogP contribution >= 0.6 is 0 Å². The molecule has 178 valence electrons. The maximum atomic E-state index is 13.6. The number of nitrogens with zero attached hydrogens (tertiary/aromatic N) is 3. The Labute approximate surface area is 194 Å². The molecule has 0 bridgehead atoms. The summed E-state index contributed by atoms with van der Waals surface area (Å²) in [7, 11) is 1.64. The molecule has 8 nitrogen and oxygen atoms in total. The average molecular weight is 456 g/mol. The van der Waals surface area contributed by atoms with Gasteiger partial charge in [-0.3, -0.25) is 9.78 Å². The van der Waals surface area contributed by atoms with Crippen molar-refractivity contribution in [3.63, 3.8) is 0 Å². The van der Waals surface area contributed by atoms with Gasteiger partial charge in [0, 0.05) is 24.0 Å². The van der Waals surface area contributed by atoms with E-state index >= 15 is 0 Å². The Morgan fingerprint density at radius 2 is 1.97 bits per heavy atom. The van der Waals surface area contributed by atoms with E-state index in [-0.39, 0.29) is 24.5 Å². The van der Waals surface area contributed by atoms with Crippen LogP contribution in [0, 0.1) is 0 Å². The highest BCUT2D eigenvalue weighted by atomic mass is 16.6. The quantitative estimate of drug-likeness (QED) is 0.680. The molecular formula is C25H33N3O5. The van der Waals surface area contributed by atoms with Crippen LogP contribution in [0.5, 0.6) is 5.75 Å². The molecule has 1 aromatic heterocycles. The van der Waals surface area contributed by atoms with E-state index in [1.807, 2.05) is 62.9 Å². The standard InChI is InChI=1S/C25H33N3O5/c1-16(20-14-21(31-5)18-8-6-7-9-19(18)26-20)28(17-10-11-17)23(29)22-15-27(12-13-32-22)24(30)33-25(2,3)4/h6-9,14,16-17,22H,10-13,15H2,1-5H3/t16-,22+/m0/s1. The Hall–Kier alpha value is -2.87. The molecule has 0 radical (unpaired) electrons. The zero-order valence-electron chi connectivity index (χ0n) is 20.0. The molecule has 2 heterocycles. The first-order valence-corrected chi connectivity index (χ1v) is 11.5. The van der Waals surface area contributed by atoms with Crippen molar-refractivity contribution in [1.29, 1.82) is 0 Å². The SMILES string of the molecule is COc1cc([C@H](C)N(C(=O)[C@H]2CN(C(=O)OC(C)(C)C)CCO2)C2CC2)nc2ccccc12. The van der Waals surface area contributed by atoms with Crippen LogP contribution in [0.1, 0.15) is 52.3 Å². The van der Waals surface area contributed by atoms with Crippen LogP contribution in [0.2, 0.25) is 0 Å². The number of para-hydroxylation sites is 1. The summed E-state index contributed by atoms with van der Waals surface area (Å²) in [6, 6.07) is 9.60. The molecule has 1 saturated carbocycles. The molecule has 2 aliphatic rings. The Kier molecular flexibility index (Phi) is 6.47. The summed E-state index contributed by atoms with van der Waals surface area (Å²) < 4.78 is 16.9. The lowest BCUT2D eigenvalue weighted by atomic mass is 10.1. The maximum absolute atomic E-state index is 13.6. The summed E-state index contributed by atoms with van der Waals surface area (Å²) in [5.74, 6) is 0.614. The highest BCUT2D eigenvalue weighted by molar-refractivity contribution is 5.86. The Balaban J connectivity index is 1.55. The summed E-state index contributed by atoms with van der Waals surface area (Å²) in [5.41, 5.74) is 1.00. The van der Waals surface area contributed by atoms with Gasteiger partial charge in [-0.05, 0) is 52.7 Å². The molecule has 2 amide bonds. The highest BCUT2D eigenvalue weighted by Crippen LogP contribution is 2.37. The van der Waals surface area contributed by atoms with E-state index in [4.69, 9.17) is 19.2 Å². The number of ether oxygens (including phenoxy) is 3. The van der Waals surface area contributed by atoms with Crippen LogP contribution in [0.15, 0.2) is 30.3 Å².